The number of rotatable bonds is 58. The van der Waals surface area contributed by atoms with Gasteiger partial charge in [-0.15, -0.1) is 0 Å². The molecule has 0 radical (unpaired) electrons. The largest absolute Gasteiger partial charge is 0.394 e. The van der Waals surface area contributed by atoms with Gasteiger partial charge in [-0.2, -0.15) is 0 Å². The van der Waals surface area contributed by atoms with Gasteiger partial charge in [0, 0.05) is 0 Å². The van der Waals surface area contributed by atoms with Crippen molar-refractivity contribution in [3.63, 3.8) is 0 Å². The third-order valence-electron chi connectivity index (χ3n) is 14.7. The van der Waals surface area contributed by atoms with Crippen LogP contribution in [0, 0.1) is 0 Å². The van der Waals surface area contributed by atoms with Crippen LogP contribution >= 0.6 is 0 Å². The van der Waals surface area contributed by atoms with Gasteiger partial charge >= 0.3 is 0 Å². The summed E-state index contributed by atoms with van der Waals surface area (Å²) < 4.78 is 0. The zero-order valence-electron chi connectivity index (χ0n) is 46.3. The molecule has 0 aromatic carbocycles. The van der Waals surface area contributed by atoms with Crippen molar-refractivity contribution in [3.05, 3.63) is 24.3 Å². The second kappa shape index (κ2) is 58.4. The molecule has 3 unspecified atom stereocenters. The first kappa shape index (κ1) is 66.8. The molecule has 0 saturated heterocycles. The van der Waals surface area contributed by atoms with E-state index in [1.54, 1.807) is 6.08 Å². The first-order valence-electron chi connectivity index (χ1n) is 31.1. The number of hydrogen-bond acceptors (Lipinski definition) is 4. The monoisotopic (exact) mass is 958 g/mol. The highest BCUT2D eigenvalue weighted by Gasteiger charge is 2.20. The van der Waals surface area contributed by atoms with Gasteiger partial charge < -0.3 is 20.6 Å². The van der Waals surface area contributed by atoms with E-state index in [9.17, 15) is 20.1 Å². The van der Waals surface area contributed by atoms with Crippen molar-refractivity contribution in [1.82, 2.24) is 5.32 Å². The van der Waals surface area contributed by atoms with E-state index < -0.39 is 18.2 Å². The molecule has 1 amide bonds. The zero-order valence-corrected chi connectivity index (χ0v) is 46.3. The quantitative estimate of drug-likeness (QED) is 0.0361. The van der Waals surface area contributed by atoms with Gasteiger partial charge in [-0.05, 0) is 44.9 Å². The van der Waals surface area contributed by atoms with Gasteiger partial charge in [-0.3, -0.25) is 4.79 Å². The van der Waals surface area contributed by atoms with Crippen LogP contribution in [0.4, 0.5) is 0 Å². The van der Waals surface area contributed by atoms with E-state index in [4.69, 9.17) is 0 Å². The summed E-state index contributed by atoms with van der Waals surface area (Å²) in [6.07, 6.45) is 75.3. The van der Waals surface area contributed by atoms with Gasteiger partial charge in [0.2, 0.25) is 5.91 Å². The molecule has 3 atom stereocenters. The highest BCUT2D eigenvalue weighted by atomic mass is 16.3. The van der Waals surface area contributed by atoms with Crippen LogP contribution in [-0.4, -0.2) is 46.1 Å². The number of aliphatic hydroxyl groups excluding tert-OH is 3. The summed E-state index contributed by atoms with van der Waals surface area (Å²) in [6.45, 7) is 4.26. The topological polar surface area (TPSA) is 89.8 Å². The average molecular weight is 959 g/mol. The Morgan fingerprint density at radius 2 is 0.618 bits per heavy atom. The molecule has 0 aliphatic carbocycles. The van der Waals surface area contributed by atoms with Crippen molar-refractivity contribution < 1.29 is 20.1 Å². The maximum atomic E-state index is 12.6. The maximum Gasteiger partial charge on any atom is 0.222 e. The van der Waals surface area contributed by atoms with E-state index in [1.165, 1.54) is 295 Å². The fourth-order valence-electron chi connectivity index (χ4n) is 9.99. The molecule has 0 spiro atoms. The molecule has 0 rings (SSSR count). The molecule has 0 aromatic heterocycles. The van der Waals surface area contributed by atoms with Crippen LogP contribution < -0.4 is 5.32 Å². The molecule has 0 fully saturated rings. The molecule has 68 heavy (non-hydrogen) atoms. The predicted molar refractivity (Wildman–Crippen MR) is 301 cm³/mol. The summed E-state index contributed by atoms with van der Waals surface area (Å²) in [5, 5.41) is 33.6. The second-order valence-electron chi connectivity index (χ2n) is 21.7. The molecule has 0 heterocycles. The number of unbranched alkanes of at least 4 members (excludes halogenated alkanes) is 47. The summed E-state index contributed by atoms with van der Waals surface area (Å²) in [5.74, 6) is -0.309. The van der Waals surface area contributed by atoms with Crippen LogP contribution in [0.25, 0.3) is 0 Å². The fraction of sp³-hybridized carbons (Fsp3) is 0.921. The Balaban J connectivity index is 3.52. The minimum atomic E-state index is -0.929. The Labute approximate surface area is 426 Å². The normalized spacial score (nSPS) is 13.3. The zero-order chi connectivity index (χ0) is 49.3. The Kier molecular flexibility index (Phi) is 57.4. The molecule has 404 valence electrons. The Hall–Kier alpha value is -1.17. The van der Waals surface area contributed by atoms with Crippen molar-refractivity contribution in [2.75, 3.05) is 6.61 Å². The van der Waals surface area contributed by atoms with E-state index in [1.807, 2.05) is 6.08 Å². The van der Waals surface area contributed by atoms with Crippen LogP contribution in [0.2, 0.25) is 0 Å². The molecule has 0 aliphatic heterocycles. The average Bonchev–Trinajstić information content (AvgIpc) is 3.33. The summed E-state index contributed by atoms with van der Waals surface area (Å²) in [6, 6.07) is -0.744. The van der Waals surface area contributed by atoms with Crippen LogP contribution in [0.5, 0.6) is 0 Å². The smallest absolute Gasteiger partial charge is 0.222 e. The predicted octanol–water partition coefficient (Wildman–Crippen LogP) is 19.6. The number of carbonyl (C=O) groups is 1. The van der Waals surface area contributed by atoms with Crippen molar-refractivity contribution in [2.24, 2.45) is 0 Å². The van der Waals surface area contributed by atoms with Crippen molar-refractivity contribution in [3.8, 4) is 0 Å². The lowest BCUT2D eigenvalue weighted by Crippen LogP contribution is -2.45. The first-order chi connectivity index (χ1) is 33.5. The summed E-state index contributed by atoms with van der Waals surface area (Å²) in [4.78, 5) is 12.6. The lowest BCUT2D eigenvalue weighted by Gasteiger charge is -2.21. The Morgan fingerprint density at radius 3 is 0.897 bits per heavy atom. The summed E-state index contributed by atoms with van der Waals surface area (Å²) >= 11 is 0. The minimum Gasteiger partial charge on any atom is -0.394 e. The molecule has 5 nitrogen and oxygen atoms in total. The Morgan fingerprint density at radius 1 is 0.368 bits per heavy atom. The van der Waals surface area contributed by atoms with E-state index >= 15 is 0 Å². The highest BCUT2D eigenvalue weighted by molar-refractivity contribution is 5.76. The van der Waals surface area contributed by atoms with E-state index in [2.05, 4.69) is 31.3 Å². The van der Waals surface area contributed by atoms with Crippen LogP contribution in [0.3, 0.4) is 0 Å². The molecule has 5 heteroatoms. The van der Waals surface area contributed by atoms with Crippen molar-refractivity contribution in [1.29, 1.82) is 0 Å². The van der Waals surface area contributed by atoms with Gasteiger partial charge in [0.05, 0.1) is 31.3 Å². The lowest BCUT2D eigenvalue weighted by molar-refractivity contribution is -0.124. The lowest BCUT2D eigenvalue weighted by atomic mass is 10.0. The van der Waals surface area contributed by atoms with E-state index in [0.717, 1.165) is 25.7 Å². The Bertz CT molecular complexity index is 1010. The first-order valence-corrected chi connectivity index (χ1v) is 31.1. The van der Waals surface area contributed by atoms with Crippen molar-refractivity contribution in [2.45, 2.75) is 366 Å². The standard InChI is InChI=1S/C63H123NO4/c1-3-5-7-9-11-13-15-17-19-21-23-25-27-29-30-31-32-33-34-36-38-40-42-44-46-48-50-52-54-56-60(66)58-63(68)64-61(59-65)62(67)57-55-53-51-49-47-45-43-41-39-37-35-28-26-24-22-20-18-16-14-12-10-8-6-4-2/h29-30,55,57,60-62,65-67H,3-28,31-54,56,58-59H2,1-2H3,(H,64,68)/b30-29-,57-55+. The van der Waals surface area contributed by atoms with E-state index in [0.29, 0.717) is 6.42 Å². The maximum absolute atomic E-state index is 12.6. The van der Waals surface area contributed by atoms with E-state index in [-0.39, 0.29) is 18.9 Å². The molecular formula is C63H123NO4. The molecule has 0 aromatic rings. The second-order valence-corrected chi connectivity index (χ2v) is 21.7. The number of amides is 1. The van der Waals surface area contributed by atoms with Gasteiger partial charge in [0.15, 0.2) is 0 Å². The van der Waals surface area contributed by atoms with Crippen LogP contribution in [-0.2, 0) is 4.79 Å². The number of nitrogens with one attached hydrogen (secondary N) is 1. The molecule has 0 saturated carbocycles. The van der Waals surface area contributed by atoms with Crippen LogP contribution in [0.15, 0.2) is 24.3 Å². The summed E-state index contributed by atoms with van der Waals surface area (Å²) in [7, 11) is 0. The van der Waals surface area contributed by atoms with Crippen LogP contribution in [0.1, 0.15) is 348 Å². The third kappa shape index (κ3) is 54.2. The molecule has 0 aliphatic rings. The number of allylic oxidation sites excluding steroid dienone is 3. The highest BCUT2D eigenvalue weighted by Crippen LogP contribution is 2.18. The number of carbonyl (C=O) groups excluding carboxylic acids is 1. The van der Waals surface area contributed by atoms with Crippen molar-refractivity contribution >= 4 is 5.91 Å². The fourth-order valence-corrected chi connectivity index (χ4v) is 9.99. The van der Waals surface area contributed by atoms with Gasteiger partial charge in [0.25, 0.3) is 0 Å². The summed E-state index contributed by atoms with van der Waals surface area (Å²) in [5.41, 5.74) is 0. The molecular weight excluding hydrogens is 835 g/mol. The molecule has 4 N–H and O–H groups in total. The van der Waals surface area contributed by atoms with Gasteiger partial charge in [-0.1, -0.05) is 321 Å². The number of hydrogen-bond donors (Lipinski definition) is 4. The number of aliphatic hydroxyl groups is 3. The molecule has 0 bridgehead atoms. The minimum absolute atomic E-state index is 0.0169. The van der Waals surface area contributed by atoms with Gasteiger partial charge in [0.1, 0.15) is 0 Å². The van der Waals surface area contributed by atoms with Gasteiger partial charge in [-0.25, -0.2) is 0 Å². The third-order valence-corrected chi connectivity index (χ3v) is 14.7. The SMILES string of the molecule is CCCCCCCCCCCCCC/C=C\CCCCCCCCCCCCCCCC(O)CC(=O)NC(CO)C(O)/C=C/CCCCCCCCCCCCCCCCCCCCCCCC.